The van der Waals surface area contributed by atoms with Crippen LogP contribution in [0.1, 0.15) is 10.4 Å². The smallest absolute Gasteiger partial charge is 0.257 e. The predicted molar refractivity (Wildman–Crippen MR) is 98.1 cm³/mol. The Bertz CT molecular complexity index is 772. The van der Waals surface area contributed by atoms with Crippen molar-refractivity contribution in [2.45, 2.75) is 12.1 Å². The zero-order valence-corrected chi connectivity index (χ0v) is 15.4. The summed E-state index contributed by atoms with van der Waals surface area (Å²) >= 11 is 0. The van der Waals surface area contributed by atoms with Crippen LogP contribution < -0.4 is 4.74 Å². The number of piperazine rings is 1. The van der Waals surface area contributed by atoms with Crippen LogP contribution in [0.25, 0.3) is 0 Å². The number of amides is 1. The summed E-state index contributed by atoms with van der Waals surface area (Å²) in [6.45, 7) is 5.99. The summed E-state index contributed by atoms with van der Waals surface area (Å²) in [4.78, 5) is 16.5. The van der Waals surface area contributed by atoms with Crippen molar-refractivity contribution >= 4 is 15.7 Å². The predicted octanol–water partition coefficient (Wildman–Crippen LogP) is 0.167. The lowest BCUT2D eigenvalue weighted by Gasteiger charge is -2.38. The quantitative estimate of drug-likeness (QED) is 0.733. The number of hydrogen-bond donors (Lipinski definition) is 1. The van der Waals surface area contributed by atoms with Gasteiger partial charge in [-0.15, -0.1) is 0 Å². The summed E-state index contributed by atoms with van der Waals surface area (Å²) < 4.78 is 29.0. The number of carbonyl (C=O) groups excluding carboxylic acids is 1. The molecule has 0 spiro atoms. The molecule has 8 heteroatoms. The number of aliphatic hydroxyl groups excluding tert-OH is 1. The van der Waals surface area contributed by atoms with Crippen LogP contribution in [-0.2, 0) is 9.84 Å². The van der Waals surface area contributed by atoms with Crippen molar-refractivity contribution < 1.29 is 23.1 Å². The molecular formula is C18H24N2O5S. The van der Waals surface area contributed by atoms with E-state index in [1.807, 2.05) is 11.0 Å². The average Bonchev–Trinajstić information content (AvgIpc) is 2.92. The largest absolute Gasteiger partial charge is 0.489 e. The fourth-order valence-corrected chi connectivity index (χ4v) is 5.34. The third kappa shape index (κ3) is 4.08. The Hall–Kier alpha value is -1.90. The van der Waals surface area contributed by atoms with Gasteiger partial charge in [-0.2, -0.15) is 0 Å². The first kappa shape index (κ1) is 18.9. The van der Waals surface area contributed by atoms with Crippen molar-refractivity contribution in [1.82, 2.24) is 9.80 Å². The van der Waals surface area contributed by atoms with Gasteiger partial charge in [-0.1, -0.05) is 24.8 Å². The van der Waals surface area contributed by atoms with Gasteiger partial charge in [0.15, 0.2) is 9.84 Å². The molecule has 2 aliphatic heterocycles. The van der Waals surface area contributed by atoms with Crippen LogP contribution in [0.4, 0.5) is 0 Å². The Morgan fingerprint density at radius 1 is 1.23 bits per heavy atom. The Morgan fingerprint density at radius 3 is 2.54 bits per heavy atom. The van der Waals surface area contributed by atoms with E-state index in [2.05, 4.69) is 6.58 Å². The van der Waals surface area contributed by atoms with Gasteiger partial charge < -0.3 is 14.7 Å². The highest BCUT2D eigenvalue weighted by Gasteiger charge is 2.41. The molecule has 2 fully saturated rings. The summed E-state index contributed by atoms with van der Waals surface area (Å²) in [6.07, 6.45) is 0.774. The van der Waals surface area contributed by atoms with E-state index < -0.39 is 15.9 Å². The van der Waals surface area contributed by atoms with Gasteiger partial charge >= 0.3 is 0 Å². The topological polar surface area (TPSA) is 87.2 Å². The van der Waals surface area contributed by atoms with E-state index >= 15 is 0 Å². The van der Waals surface area contributed by atoms with Crippen LogP contribution in [0, 0.1) is 0 Å². The van der Waals surface area contributed by atoms with E-state index in [9.17, 15) is 18.3 Å². The fourth-order valence-electron chi connectivity index (χ4n) is 3.50. The Labute approximate surface area is 153 Å². The number of rotatable bonds is 5. The molecule has 7 nitrogen and oxygen atoms in total. The van der Waals surface area contributed by atoms with Crippen LogP contribution in [0.2, 0.25) is 0 Å². The molecule has 1 aromatic carbocycles. The second kappa shape index (κ2) is 7.77. The summed E-state index contributed by atoms with van der Waals surface area (Å²) in [5.74, 6) is 0.228. The van der Waals surface area contributed by atoms with Gasteiger partial charge in [0.25, 0.3) is 5.91 Å². The first-order valence-electron chi connectivity index (χ1n) is 8.66. The molecule has 0 saturated carbocycles. The molecule has 1 N–H and O–H groups in total. The van der Waals surface area contributed by atoms with E-state index in [0.717, 1.165) is 0 Å². The minimum atomic E-state index is -3.18. The molecule has 2 atom stereocenters. The third-order valence-corrected chi connectivity index (χ3v) is 6.54. The first-order valence-corrected chi connectivity index (χ1v) is 10.5. The summed E-state index contributed by atoms with van der Waals surface area (Å²) in [7, 11) is -3.18. The number of para-hydroxylation sites is 1. The fraction of sp³-hybridized carbons (Fsp3) is 0.500. The molecular weight excluding hydrogens is 356 g/mol. The van der Waals surface area contributed by atoms with E-state index in [0.29, 0.717) is 44.1 Å². The number of benzene rings is 1. The maximum atomic E-state index is 12.8. The number of sulfone groups is 1. The summed E-state index contributed by atoms with van der Waals surface area (Å²) in [6, 6.07) is 6.73. The minimum absolute atomic E-state index is 0.0136. The van der Waals surface area contributed by atoms with Crippen molar-refractivity contribution in [3.8, 4) is 5.75 Å². The average molecular weight is 380 g/mol. The molecule has 142 valence electrons. The molecule has 0 radical (unpaired) electrons. The lowest BCUT2D eigenvalue weighted by atomic mass is 10.1. The Balaban J connectivity index is 1.63. The zero-order chi connectivity index (χ0) is 18.7. The normalized spacial score (nSPS) is 25.8. The van der Waals surface area contributed by atoms with Gasteiger partial charge in [0, 0.05) is 26.2 Å². The van der Waals surface area contributed by atoms with Crippen LogP contribution >= 0.6 is 0 Å². The van der Waals surface area contributed by atoms with Crippen molar-refractivity contribution in [2.24, 2.45) is 0 Å². The number of aliphatic hydroxyl groups is 1. The van der Waals surface area contributed by atoms with Crippen LogP contribution in [-0.4, -0.2) is 85.7 Å². The van der Waals surface area contributed by atoms with Gasteiger partial charge in [0.1, 0.15) is 12.4 Å². The van der Waals surface area contributed by atoms with Crippen molar-refractivity contribution in [2.75, 3.05) is 44.3 Å². The lowest BCUT2D eigenvalue weighted by Crippen LogP contribution is -2.54. The highest BCUT2D eigenvalue weighted by molar-refractivity contribution is 7.91. The van der Waals surface area contributed by atoms with Crippen LogP contribution in [0.3, 0.4) is 0 Å². The van der Waals surface area contributed by atoms with Gasteiger partial charge in [-0.25, -0.2) is 8.42 Å². The van der Waals surface area contributed by atoms with Crippen molar-refractivity contribution in [3.63, 3.8) is 0 Å². The highest BCUT2D eigenvalue weighted by atomic mass is 32.2. The second-order valence-corrected chi connectivity index (χ2v) is 8.79. The van der Waals surface area contributed by atoms with Gasteiger partial charge in [-0.05, 0) is 12.1 Å². The third-order valence-electron chi connectivity index (χ3n) is 4.84. The molecule has 3 rings (SSSR count). The summed E-state index contributed by atoms with van der Waals surface area (Å²) in [5.41, 5.74) is 0.506. The van der Waals surface area contributed by atoms with E-state index in [1.165, 1.54) is 0 Å². The maximum absolute atomic E-state index is 12.8. The molecule has 2 heterocycles. The molecule has 2 aliphatic rings. The standard InChI is InChI=1S/C18H24N2O5S/c1-2-11-25-17-6-4-3-5-14(17)18(22)20-9-7-19(8-10-20)15-12-26(23,24)13-16(15)21/h2-6,15-16,21H,1,7-13H2/t15-,16+/m0/s1. The molecule has 0 bridgehead atoms. The first-order chi connectivity index (χ1) is 12.4. The highest BCUT2D eigenvalue weighted by Crippen LogP contribution is 2.23. The molecule has 2 saturated heterocycles. The van der Waals surface area contributed by atoms with Gasteiger partial charge in [-0.3, -0.25) is 9.69 Å². The summed E-state index contributed by atoms with van der Waals surface area (Å²) in [5, 5.41) is 10.0. The molecule has 0 aliphatic carbocycles. The number of ether oxygens (including phenoxy) is 1. The number of hydrogen-bond acceptors (Lipinski definition) is 6. The van der Waals surface area contributed by atoms with Gasteiger partial charge in [0.2, 0.25) is 0 Å². The second-order valence-electron chi connectivity index (χ2n) is 6.64. The Kier molecular flexibility index (Phi) is 5.64. The van der Waals surface area contributed by atoms with Crippen molar-refractivity contribution in [1.29, 1.82) is 0 Å². The molecule has 0 aromatic heterocycles. The van der Waals surface area contributed by atoms with E-state index in [-0.39, 0.29) is 23.5 Å². The molecule has 0 unspecified atom stereocenters. The van der Waals surface area contributed by atoms with E-state index in [4.69, 9.17) is 4.74 Å². The van der Waals surface area contributed by atoms with E-state index in [1.54, 1.807) is 29.2 Å². The zero-order valence-electron chi connectivity index (χ0n) is 14.6. The monoisotopic (exact) mass is 380 g/mol. The molecule has 1 aromatic rings. The van der Waals surface area contributed by atoms with Crippen molar-refractivity contribution in [3.05, 3.63) is 42.5 Å². The molecule has 1 amide bonds. The van der Waals surface area contributed by atoms with Crippen LogP contribution in [0.5, 0.6) is 5.75 Å². The number of carbonyl (C=O) groups is 1. The number of nitrogens with zero attached hydrogens (tertiary/aromatic N) is 2. The lowest BCUT2D eigenvalue weighted by molar-refractivity contribution is 0.0375. The van der Waals surface area contributed by atoms with Gasteiger partial charge in [0.05, 0.1) is 29.2 Å². The Morgan fingerprint density at radius 2 is 1.92 bits per heavy atom. The minimum Gasteiger partial charge on any atom is -0.489 e. The maximum Gasteiger partial charge on any atom is 0.257 e. The molecule has 26 heavy (non-hydrogen) atoms. The van der Waals surface area contributed by atoms with Crippen LogP contribution in [0.15, 0.2) is 36.9 Å². The SMILES string of the molecule is C=CCOc1ccccc1C(=O)N1CCN([C@H]2CS(=O)(=O)C[C@H]2O)CC1.